The van der Waals surface area contributed by atoms with E-state index in [-0.39, 0.29) is 18.0 Å². The molecule has 3 atom stereocenters. The van der Waals surface area contributed by atoms with Gasteiger partial charge in [-0.15, -0.1) is 22.7 Å². The molecular formula is C58H39N3OS2. The van der Waals surface area contributed by atoms with Crippen LogP contribution < -0.4 is 5.32 Å². The molecule has 9 aromatic carbocycles. The topological polar surface area (TPSA) is 42.5 Å². The van der Waals surface area contributed by atoms with Gasteiger partial charge in [0.1, 0.15) is 17.0 Å². The summed E-state index contributed by atoms with van der Waals surface area (Å²) in [6, 6.07) is 66.9. The molecule has 0 aliphatic carbocycles. The molecule has 0 bridgehead atoms. The van der Waals surface area contributed by atoms with E-state index >= 15 is 0 Å². The lowest BCUT2D eigenvalue weighted by Crippen LogP contribution is -2.41. The fourth-order valence-electron chi connectivity index (χ4n) is 10.9. The van der Waals surface area contributed by atoms with Gasteiger partial charge in [-0.2, -0.15) is 0 Å². The van der Waals surface area contributed by atoms with Gasteiger partial charge in [-0.1, -0.05) is 116 Å². The van der Waals surface area contributed by atoms with Crippen LogP contribution in [-0.2, 0) is 0 Å². The van der Waals surface area contributed by atoms with E-state index in [0.29, 0.717) is 0 Å². The van der Waals surface area contributed by atoms with Crippen molar-refractivity contribution in [2.45, 2.75) is 25.4 Å². The van der Waals surface area contributed by atoms with E-state index in [1.54, 1.807) is 0 Å². The molecule has 4 aromatic heterocycles. The number of hydrogen-bond donors (Lipinski definition) is 1. The third-order valence-corrected chi connectivity index (χ3v) is 16.2. The number of nitrogens with one attached hydrogen (secondary N) is 1. The van der Waals surface area contributed by atoms with Crippen LogP contribution in [0.4, 0.5) is 0 Å². The van der Waals surface area contributed by atoms with Crippen molar-refractivity contribution >= 4 is 123 Å². The van der Waals surface area contributed by atoms with Gasteiger partial charge in [0.15, 0.2) is 0 Å². The van der Waals surface area contributed by atoms with Gasteiger partial charge in [0.2, 0.25) is 0 Å². The largest absolute Gasteiger partial charge is 0.456 e. The molecule has 13 aromatic rings. The summed E-state index contributed by atoms with van der Waals surface area (Å²) in [6.07, 6.45) is 0.948. The summed E-state index contributed by atoms with van der Waals surface area (Å²) in [6.45, 7) is 2.33. The molecule has 304 valence electrons. The van der Waals surface area contributed by atoms with Gasteiger partial charge in [0.25, 0.3) is 0 Å². The highest BCUT2D eigenvalue weighted by atomic mass is 32.1. The van der Waals surface area contributed by atoms with Gasteiger partial charge in [0.05, 0.1) is 28.8 Å². The van der Waals surface area contributed by atoms with Crippen LogP contribution in [0, 0.1) is 5.92 Å². The molecule has 64 heavy (non-hydrogen) atoms. The molecule has 0 saturated carbocycles. The first-order valence-electron chi connectivity index (χ1n) is 22.2. The molecule has 1 N–H and O–H groups in total. The van der Waals surface area contributed by atoms with Crippen LogP contribution in [0.5, 0.6) is 0 Å². The Hall–Kier alpha value is -7.25. The second kappa shape index (κ2) is 13.9. The van der Waals surface area contributed by atoms with Gasteiger partial charge in [-0.25, -0.2) is 0 Å². The van der Waals surface area contributed by atoms with Crippen molar-refractivity contribution in [3.8, 4) is 5.69 Å². The summed E-state index contributed by atoms with van der Waals surface area (Å²) in [5.74, 6) is 1.06. The Morgan fingerprint density at radius 2 is 1.12 bits per heavy atom. The number of rotatable bonds is 5. The van der Waals surface area contributed by atoms with E-state index in [9.17, 15) is 0 Å². The maximum atomic E-state index is 6.85. The first-order chi connectivity index (χ1) is 31.6. The summed E-state index contributed by atoms with van der Waals surface area (Å²) in [5, 5.41) is 16.5. The van der Waals surface area contributed by atoms with Crippen LogP contribution in [0.2, 0.25) is 0 Å². The maximum Gasteiger partial charge on any atom is 0.138 e. The predicted molar refractivity (Wildman–Crippen MR) is 273 cm³/mol. The Balaban J connectivity index is 1.04. The van der Waals surface area contributed by atoms with Crippen molar-refractivity contribution in [3.05, 3.63) is 199 Å². The number of furan rings is 1. The number of para-hydroxylation sites is 2. The number of aromatic nitrogens is 1. The summed E-state index contributed by atoms with van der Waals surface area (Å²) >= 11 is 3.74. The molecule has 0 spiro atoms. The first kappa shape index (κ1) is 36.3. The van der Waals surface area contributed by atoms with Crippen molar-refractivity contribution in [2.24, 2.45) is 10.9 Å². The average molecular weight is 858 g/mol. The fourth-order valence-corrected chi connectivity index (χ4v) is 13.1. The van der Waals surface area contributed by atoms with E-state index in [1.807, 2.05) is 22.7 Å². The van der Waals surface area contributed by atoms with E-state index in [2.05, 4.69) is 199 Å². The van der Waals surface area contributed by atoms with Gasteiger partial charge in [-0.05, 0) is 95.1 Å². The Morgan fingerprint density at radius 1 is 0.516 bits per heavy atom. The van der Waals surface area contributed by atoms with Crippen LogP contribution >= 0.6 is 22.7 Å². The molecule has 0 saturated heterocycles. The van der Waals surface area contributed by atoms with Gasteiger partial charge < -0.3 is 14.3 Å². The molecule has 14 rings (SSSR count). The highest BCUT2D eigenvalue weighted by molar-refractivity contribution is 7.26. The minimum Gasteiger partial charge on any atom is -0.456 e. The standard InChI is InChI=1S/C58H39N3OS2/c1-2-38-56(35-23-25-53-44(28-35)40-16-7-11-21-51(40)63-53)59-58(60-57(38)36-24-26-54-45(29-36)41-17-8-12-22-52(41)64-54)46-31-37(32-50-55(46)42-18-6-10-20-49(42)62-50)61-47-19-9-5-15-39(47)43-27-33-13-3-4-14-34(33)30-48(43)61/h3-32,38,56-57H,2H2,1H3,(H,59,60). The number of fused-ring (bicyclic) bond motifs is 13. The Labute approximate surface area is 376 Å². The lowest BCUT2D eigenvalue weighted by atomic mass is 9.80. The number of nitrogens with zero attached hydrogens (tertiary/aromatic N) is 2. The molecule has 6 heteroatoms. The fraction of sp³-hybridized carbons (Fsp3) is 0.0862. The first-order valence-corrected chi connectivity index (χ1v) is 23.8. The minimum absolute atomic E-state index is 0.0167. The Morgan fingerprint density at radius 3 is 1.88 bits per heavy atom. The van der Waals surface area contributed by atoms with Crippen LogP contribution in [0.15, 0.2) is 191 Å². The number of aliphatic imine (C=N–C) groups is 1. The van der Waals surface area contributed by atoms with Gasteiger partial charge in [0, 0.05) is 79.4 Å². The van der Waals surface area contributed by atoms with Crippen molar-refractivity contribution in [3.63, 3.8) is 0 Å². The number of benzene rings is 9. The van der Waals surface area contributed by atoms with Crippen LogP contribution in [0.1, 0.15) is 42.1 Å². The summed E-state index contributed by atoms with van der Waals surface area (Å²) < 4.78 is 14.5. The molecule has 3 unspecified atom stereocenters. The predicted octanol–water partition coefficient (Wildman–Crippen LogP) is 16.4. The highest BCUT2D eigenvalue weighted by Gasteiger charge is 2.37. The molecular weight excluding hydrogens is 819 g/mol. The normalized spacial score (nSPS) is 17.0. The van der Waals surface area contributed by atoms with E-state index in [0.717, 1.165) is 56.5 Å². The van der Waals surface area contributed by atoms with Crippen molar-refractivity contribution in [2.75, 3.05) is 0 Å². The zero-order valence-electron chi connectivity index (χ0n) is 34.9. The van der Waals surface area contributed by atoms with Crippen LogP contribution in [-0.4, -0.2) is 10.4 Å². The van der Waals surface area contributed by atoms with Crippen molar-refractivity contribution in [1.29, 1.82) is 0 Å². The Kier molecular flexibility index (Phi) is 7.86. The van der Waals surface area contributed by atoms with Crippen LogP contribution in [0.3, 0.4) is 0 Å². The average Bonchev–Trinajstić information content (AvgIpc) is 4.11. The SMILES string of the molecule is CCC1C(c2ccc3sc4ccccc4c3c2)N=C(c2cc(-n3c4ccccc4c4cc5ccccc5cc43)cc3oc4ccccc4c23)NC1c1ccc2sc3ccccc3c2c1. The van der Waals surface area contributed by atoms with Gasteiger partial charge >= 0.3 is 0 Å². The summed E-state index contributed by atoms with van der Waals surface area (Å²) in [7, 11) is 0. The molecule has 1 aliphatic rings. The zero-order valence-corrected chi connectivity index (χ0v) is 36.5. The lowest BCUT2D eigenvalue weighted by molar-refractivity contribution is 0.311. The smallest absolute Gasteiger partial charge is 0.138 e. The number of amidine groups is 1. The molecule has 4 nitrogen and oxygen atoms in total. The second-order valence-corrected chi connectivity index (χ2v) is 19.5. The van der Waals surface area contributed by atoms with Crippen LogP contribution in [0.25, 0.3) is 101 Å². The minimum atomic E-state index is -0.110. The molecule has 5 heterocycles. The molecule has 0 fully saturated rings. The number of thiophene rings is 2. The third-order valence-electron chi connectivity index (χ3n) is 13.9. The molecule has 0 amide bonds. The van der Waals surface area contributed by atoms with Gasteiger partial charge in [-0.3, -0.25) is 4.99 Å². The quantitative estimate of drug-likeness (QED) is 0.187. The summed E-state index contributed by atoms with van der Waals surface area (Å²) in [4.78, 5) is 5.91. The lowest BCUT2D eigenvalue weighted by Gasteiger charge is -2.38. The van der Waals surface area contributed by atoms with Crippen molar-refractivity contribution < 1.29 is 4.42 Å². The van der Waals surface area contributed by atoms with E-state index in [1.165, 1.54) is 73.0 Å². The van der Waals surface area contributed by atoms with E-state index < -0.39 is 0 Å². The molecule has 1 aliphatic heterocycles. The highest BCUT2D eigenvalue weighted by Crippen LogP contribution is 2.47. The summed E-state index contributed by atoms with van der Waals surface area (Å²) in [5.41, 5.74) is 8.62. The Bertz CT molecular complexity index is 4090. The zero-order chi connectivity index (χ0) is 42.0. The van der Waals surface area contributed by atoms with Crippen molar-refractivity contribution in [1.82, 2.24) is 9.88 Å². The number of hydrogen-bond acceptors (Lipinski definition) is 5. The second-order valence-electron chi connectivity index (χ2n) is 17.4. The third kappa shape index (κ3) is 5.36. The maximum absolute atomic E-state index is 6.85. The van der Waals surface area contributed by atoms with E-state index in [4.69, 9.17) is 9.41 Å². The monoisotopic (exact) mass is 857 g/mol. The molecule has 0 radical (unpaired) electrons.